The molecule has 12 aromatic rings. The Morgan fingerprint density at radius 3 is 1.04 bits per heavy atom. The van der Waals surface area contributed by atoms with Crippen molar-refractivity contribution in [2.24, 2.45) is 0 Å². The van der Waals surface area contributed by atoms with Gasteiger partial charge in [0, 0.05) is 140 Å². The van der Waals surface area contributed by atoms with E-state index < -0.39 is 111 Å². The van der Waals surface area contributed by atoms with Gasteiger partial charge in [-0.25, -0.2) is 0 Å². The highest BCUT2D eigenvalue weighted by molar-refractivity contribution is 5.77. The number of benzene rings is 12. The Balaban J connectivity index is 0.953. The fraction of sp³-hybridized carbons (Fsp3) is 0.143. The smallest absolute Gasteiger partial charge is 0.123 e. The fourth-order valence-corrected chi connectivity index (χ4v) is 19.0. The molecule has 12 aromatic carbocycles. The zero-order valence-corrected chi connectivity index (χ0v) is 53.6. The Labute approximate surface area is 581 Å². The van der Waals surface area contributed by atoms with Crippen molar-refractivity contribution in [1.82, 2.24) is 0 Å². The number of aromatic hydroxyl groups is 18. The molecule has 17 rings (SSSR count). The maximum Gasteiger partial charge on any atom is 0.123 e. The van der Waals surface area contributed by atoms with Crippen LogP contribution in [0.2, 0.25) is 0 Å². The molecule has 18 heteroatoms. The minimum Gasteiger partial charge on any atom is -0.508 e. The Kier molecular flexibility index (Phi) is 14.0. The maximum atomic E-state index is 13.7. The highest BCUT2D eigenvalue weighted by Crippen LogP contribution is 2.74. The van der Waals surface area contributed by atoms with Crippen LogP contribution in [0.5, 0.6) is 103 Å². The molecule has 0 saturated heterocycles. The van der Waals surface area contributed by atoms with E-state index in [-0.39, 0.29) is 119 Å². The van der Waals surface area contributed by atoms with Gasteiger partial charge in [0.15, 0.2) is 0 Å². The number of hydrogen-bond acceptors (Lipinski definition) is 18. The van der Waals surface area contributed by atoms with E-state index >= 15 is 0 Å². The van der Waals surface area contributed by atoms with Crippen LogP contribution in [0, 0.1) is 0 Å². The van der Waals surface area contributed by atoms with Gasteiger partial charge in [-0.15, -0.1) is 0 Å². The molecule has 0 saturated carbocycles. The molecule has 0 aromatic heterocycles. The third-order valence-corrected chi connectivity index (χ3v) is 22.4. The molecule has 18 N–H and O–H groups in total. The zero-order chi connectivity index (χ0) is 70.9. The van der Waals surface area contributed by atoms with Crippen LogP contribution in [-0.2, 0) is 0 Å². The molecule has 508 valence electrons. The van der Waals surface area contributed by atoms with Crippen LogP contribution in [0.15, 0.2) is 206 Å². The largest absolute Gasteiger partial charge is 0.508 e. The van der Waals surface area contributed by atoms with E-state index in [9.17, 15) is 91.9 Å². The zero-order valence-electron chi connectivity index (χ0n) is 53.6. The molecular weight excluding hydrogens is 1300 g/mol. The SMILES string of the molecule is Oc1ccc([C@@H]2c3cc(O)ccc3[C@@H]3c4c(O)cc(O)cc4[C@@H]2c2c(O)cc(O)c4c2[C@@H]3[C@H](c2ccc(O)cc2)[C@@H]4c2cc(O)c([C@@H](c3ccc(O)cc3)[C@@H]3c4cc(O)cc(O)c4[C@H](c4ccc(O)cc4)[C@H]4c5c3c(O)cc(O)c5[C@H](c3cc(O)cc(O)c3)[C@@H]4c3ccc(O)cc3)c(O)c2)cc1. The maximum absolute atomic E-state index is 13.7. The van der Waals surface area contributed by atoms with E-state index in [1.165, 1.54) is 115 Å². The topological polar surface area (TPSA) is 364 Å². The molecule has 0 unspecified atom stereocenters. The van der Waals surface area contributed by atoms with Crippen LogP contribution < -0.4 is 0 Å². The summed E-state index contributed by atoms with van der Waals surface area (Å²) in [6, 6.07) is 50.5. The normalized spacial score (nSPS) is 21.9. The molecule has 0 heterocycles. The minimum atomic E-state index is -1.47. The summed E-state index contributed by atoms with van der Waals surface area (Å²) in [5, 5.41) is 217. The summed E-state index contributed by atoms with van der Waals surface area (Å²) >= 11 is 0. The van der Waals surface area contributed by atoms with Crippen LogP contribution in [0.1, 0.15) is 182 Å². The van der Waals surface area contributed by atoms with Crippen molar-refractivity contribution >= 4 is 0 Å². The Morgan fingerprint density at radius 2 is 0.539 bits per heavy atom. The lowest BCUT2D eigenvalue weighted by atomic mass is 9.66. The van der Waals surface area contributed by atoms with E-state index in [0.717, 1.165) is 18.2 Å². The molecule has 18 nitrogen and oxygen atoms in total. The van der Waals surface area contributed by atoms with E-state index in [0.29, 0.717) is 55.6 Å². The summed E-state index contributed by atoms with van der Waals surface area (Å²) in [4.78, 5) is 0. The second-order valence-electron chi connectivity index (χ2n) is 27.7. The summed E-state index contributed by atoms with van der Waals surface area (Å²) < 4.78 is 0. The van der Waals surface area contributed by atoms with Crippen molar-refractivity contribution in [3.63, 3.8) is 0 Å². The van der Waals surface area contributed by atoms with E-state index in [1.807, 2.05) is 0 Å². The Hall–Kier alpha value is -13.0. The number of hydrogen-bond donors (Lipinski definition) is 18. The van der Waals surface area contributed by atoms with Gasteiger partial charge in [0.2, 0.25) is 0 Å². The number of phenolic OH excluding ortho intramolecular Hbond substituents is 18. The second kappa shape index (κ2) is 22.8. The lowest BCUT2D eigenvalue weighted by Crippen LogP contribution is -2.22. The lowest BCUT2D eigenvalue weighted by Gasteiger charge is -2.36. The first kappa shape index (κ1) is 62.6. The molecule has 2 bridgehead atoms. The first-order valence-electron chi connectivity index (χ1n) is 33.2. The third-order valence-electron chi connectivity index (χ3n) is 22.4. The van der Waals surface area contributed by atoms with Gasteiger partial charge in [0.05, 0.1) is 0 Å². The highest BCUT2D eigenvalue weighted by Gasteiger charge is 2.59. The van der Waals surface area contributed by atoms with Crippen molar-refractivity contribution in [3.8, 4) is 103 Å². The van der Waals surface area contributed by atoms with Gasteiger partial charge in [-0.2, -0.15) is 0 Å². The van der Waals surface area contributed by atoms with Gasteiger partial charge in [-0.05, 0) is 182 Å². The van der Waals surface area contributed by atoms with Gasteiger partial charge in [-0.1, -0.05) is 66.7 Å². The Bertz CT molecular complexity index is 5420. The van der Waals surface area contributed by atoms with Gasteiger partial charge in [-0.3, -0.25) is 0 Å². The van der Waals surface area contributed by atoms with Crippen molar-refractivity contribution in [2.45, 2.75) is 71.0 Å². The molecule has 5 aliphatic carbocycles. The van der Waals surface area contributed by atoms with Crippen LogP contribution in [0.3, 0.4) is 0 Å². The molecule has 0 amide bonds. The quantitative estimate of drug-likeness (QED) is 0.0638. The van der Waals surface area contributed by atoms with Gasteiger partial charge >= 0.3 is 0 Å². The monoisotopic (exact) mass is 1360 g/mol. The first-order valence-corrected chi connectivity index (χ1v) is 33.2. The fourth-order valence-electron chi connectivity index (χ4n) is 19.0. The standard InChI is InChI=1S/C84H64O18/c85-42-11-1-35(2-12-42)64-53-28-47(90)21-22-52(53)73-72-55(30-51(94)32-59(72)98)74(64)79-62(101)33-61(100)78-70(66(82(73)84(78)79)37-5-15-44(87)16-6-37)41-25-56(95)76(57(96)26-41)68(39-9-19-46(89)20-10-39)75-54-29-50(93)31-58(97)71(54)67(38-7-17-45(88)18-8-38)81-65(36-3-13-43(86)14-4-36)69(40-23-48(91)27-49(92)24-40)77-60(99)34-63(102)80(75)83(77)81/h1-34,64-70,73-75,81-82,85-102H/t64-,65+,66-,67+,68+,69-,70+,73-,74+,75+,81+,82-/m1/s1. The van der Waals surface area contributed by atoms with Gasteiger partial charge < -0.3 is 91.9 Å². The Morgan fingerprint density at radius 1 is 0.186 bits per heavy atom. The van der Waals surface area contributed by atoms with Gasteiger partial charge in [0.25, 0.3) is 0 Å². The average Bonchev–Trinajstić information content (AvgIpc) is 1.53. The molecule has 102 heavy (non-hydrogen) atoms. The number of rotatable bonds is 9. The number of fused-ring (bicyclic) bond motifs is 5. The minimum absolute atomic E-state index is 0.0459. The van der Waals surface area contributed by atoms with Crippen molar-refractivity contribution in [1.29, 1.82) is 0 Å². The predicted molar refractivity (Wildman–Crippen MR) is 373 cm³/mol. The summed E-state index contributed by atoms with van der Waals surface area (Å²) in [6.45, 7) is 0. The van der Waals surface area contributed by atoms with Gasteiger partial charge in [0.1, 0.15) is 103 Å². The van der Waals surface area contributed by atoms with E-state index in [2.05, 4.69) is 0 Å². The summed E-state index contributed by atoms with van der Waals surface area (Å²) in [6.07, 6.45) is 0. The average molecular weight is 1360 g/mol. The van der Waals surface area contributed by atoms with Crippen LogP contribution in [-0.4, -0.2) is 91.9 Å². The second-order valence-corrected chi connectivity index (χ2v) is 27.7. The van der Waals surface area contributed by atoms with Crippen molar-refractivity contribution in [3.05, 3.63) is 318 Å². The molecule has 0 radical (unpaired) electrons. The molecular formula is C84H64O18. The first-order chi connectivity index (χ1) is 49.0. The molecule has 0 spiro atoms. The summed E-state index contributed by atoms with van der Waals surface area (Å²) in [7, 11) is 0. The van der Waals surface area contributed by atoms with Crippen LogP contribution in [0.25, 0.3) is 0 Å². The van der Waals surface area contributed by atoms with E-state index in [1.54, 1.807) is 72.8 Å². The lowest BCUT2D eigenvalue weighted by molar-refractivity contribution is 0.415. The third kappa shape index (κ3) is 9.38. The van der Waals surface area contributed by atoms with Crippen LogP contribution in [0.4, 0.5) is 0 Å². The highest BCUT2D eigenvalue weighted by atomic mass is 16.3. The molecule has 0 fully saturated rings. The van der Waals surface area contributed by atoms with E-state index in [4.69, 9.17) is 0 Å². The molecule has 12 atom stereocenters. The molecule has 5 aliphatic rings. The predicted octanol–water partition coefficient (Wildman–Crippen LogP) is 14.9. The summed E-state index contributed by atoms with van der Waals surface area (Å²) in [5.41, 5.74) is 6.35. The number of phenols is 18. The van der Waals surface area contributed by atoms with Crippen molar-refractivity contribution < 1.29 is 91.9 Å². The van der Waals surface area contributed by atoms with Crippen molar-refractivity contribution in [2.75, 3.05) is 0 Å². The van der Waals surface area contributed by atoms with Crippen LogP contribution >= 0.6 is 0 Å². The molecule has 0 aliphatic heterocycles. The summed E-state index contributed by atoms with van der Waals surface area (Å²) in [5.74, 6) is -18.6.